The number of rotatable bonds is 2. The van der Waals surface area contributed by atoms with E-state index in [0.29, 0.717) is 0 Å². The van der Waals surface area contributed by atoms with E-state index >= 15 is 0 Å². The van der Waals surface area contributed by atoms with E-state index in [-0.39, 0.29) is 0 Å². The van der Waals surface area contributed by atoms with Crippen molar-refractivity contribution >= 4 is 53.9 Å². The summed E-state index contributed by atoms with van der Waals surface area (Å²) in [5, 5.41) is 14.1. The molecule has 0 heterocycles. The molecule has 0 heteroatoms. The molecule has 7 aromatic rings. The van der Waals surface area contributed by atoms with Crippen LogP contribution < -0.4 is 0 Å². The molecule has 0 aliphatic carbocycles. The number of hydrogen-bond acceptors (Lipinski definition) is 0. The van der Waals surface area contributed by atoms with Crippen LogP contribution in [0.4, 0.5) is 0 Å². The average Bonchev–Trinajstić information content (AvgIpc) is 3.09. The maximum Gasteiger partial charge on any atom is -0.00110 e. The van der Waals surface area contributed by atoms with Crippen molar-refractivity contribution in [2.75, 3.05) is 0 Å². The second-order valence-corrected chi connectivity index (χ2v) is 7.78. The lowest BCUT2D eigenvalue weighted by Crippen LogP contribution is -1.91. The first kappa shape index (κ1) is 13.8. The molecule has 0 aliphatic heterocycles. The van der Waals surface area contributed by atoms with E-state index in [2.05, 4.69) is 84.9 Å². The van der Waals surface area contributed by atoms with Crippen molar-refractivity contribution in [3.05, 3.63) is 96.1 Å². The molecule has 0 saturated heterocycles. The Hall–Kier alpha value is -3.38. The van der Waals surface area contributed by atoms with Gasteiger partial charge in [0.2, 0.25) is 0 Å². The summed E-state index contributed by atoms with van der Waals surface area (Å²) in [6.45, 7) is 0. The molecular formula is C27H16. The zero-order chi connectivity index (χ0) is 17.5. The van der Waals surface area contributed by atoms with Crippen LogP contribution in [0.5, 0.6) is 0 Å². The second-order valence-electron chi connectivity index (χ2n) is 7.78. The van der Waals surface area contributed by atoms with Crippen LogP contribution in [0.25, 0.3) is 53.9 Å². The van der Waals surface area contributed by atoms with Crippen LogP contribution in [0.2, 0.25) is 0 Å². The molecule has 0 aliphatic rings. The summed E-state index contributed by atoms with van der Waals surface area (Å²) in [5.74, 6) is 0. The average molecular weight is 340 g/mol. The Morgan fingerprint density at radius 1 is 0.444 bits per heavy atom. The minimum absolute atomic E-state index is 0.975. The van der Waals surface area contributed by atoms with E-state index < -0.39 is 0 Å². The molecule has 7 aromatic carbocycles. The molecule has 0 atom stereocenters. The maximum absolute atomic E-state index is 2.42. The van der Waals surface area contributed by atoms with E-state index in [9.17, 15) is 0 Å². The fourth-order valence-corrected chi connectivity index (χ4v) is 5.21. The van der Waals surface area contributed by atoms with E-state index in [4.69, 9.17) is 0 Å². The maximum atomic E-state index is 2.42. The van der Waals surface area contributed by atoms with E-state index in [1.165, 1.54) is 65.0 Å². The Bertz CT molecular complexity index is 1530. The highest BCUT2D eigenvalue weighted by atomic mass is 14.2. The van der Waals surface area contributed by atoms with Crippen molar-refractivity contribution in [1.82, 2.24) is 0 Å². The third kappa shape index (κ3) is 1.64. The highest BCUT2D eigenvalue weighted by Crippen LogP contribution is 2.48. The van der Waals surface area contributed by atoms with Gasteiger partial charge in [0.1, 0.15) is 0 Å². The highest BCUT2D eigenvalue weighted by molar-refractivity contribution is 6.44. The molecule has 0 spiro atoms. The first-order chi connectivity index (χ1) is 13.4. The summed E-state index contributed by atoms with van der Waals surface area (Å²) >= 11 is 0. The Morgan fingerprint density at radius 3 is 1.63 bits per heavy atom. The van der Waals surface area contributed by atoms with Gasteiger partial charge in [-0.15, -0.1) is 0 Å². The highest BCUT2D eigenvalue weighted by Gasteiger charge is 2.21. The monoisotopic (exact) mass is 340 g/mol. The molecular weight excluding hydrogens is 324 g/mol. The van der Waals surface area contributed by atoms with Gasteiger partial charge in [-0.1, -0.05) is 84.9 Å². The van der Waals surface area contributed by atoms with Crippen molar-refractivity contribution in [2.45, 2.75) is 6.42 Å². The van der Waals surface area contributed by atoms with Crippen molar-refractivity contribution in [3.8, 4) is 0 Å². The molecule has 0 bridgehead atoms. The van der Waals surface area contributed by atoms with Gasteiger partial charge in [0, 0.05) is 0 Å². The Morgan fingerprint density at radius 2 is 0.963 bits per heavy atom. The molecule has 0 N–H and O–H groups in total. The summed E-state index contributed by atoms with van der Waals surface area (Å²) in [4.78, 5) is 0. The summed E-state index contributed by atoms with van der Waals surface area (Å²) < 4.78 is 0. The minimum atomic E-state index is 0.975. The Kier molecular flexibility index (Phi) is 2.38. The van der Waals surface area contributed by atoms with Gasteiger partial charge in [0.25, 0.3) is 0 Å². The van der Waals surface area contributed by atoms with Gasteiger partial charge in [-0.3, -0.25) is 0 Å². The Labute approximate surface area is 156 Å². The second kappa shape index (κ2) is 4.66. The van der Waals surface area contributed by atoms with Crippen LogP contribution in [0.3, 0.4) is 0 Å². The summed E-state index contributed by atoms with van der Waals surface area (Å²) in [7, 11) is 0. The third-order valence-electron chi connectivity index (χ3n) is 6.34. The standard InChI is InChI=1S/C27H16/c1-2-4-16(5-3-1)14-21-15-20-11-10-18-7-6-17-8-9-19-12-13-22(21)27-25(19)23(17)24(18)26(20)27/h1-13,15H,14H2. The van der Waals surface area contributed by atoms with Gasteiger partial charge in [0.05, 0.1) is 0 Å². The quantitative estimate of drug-likeness (QED) is 0.288. The fraction of sp³-hybridized carbons (Fsp3) is 0.0370. The topological polar surface area (TPSA) is 0 Å². The van der Waals surface area contributed by atoms with Crippen LogP contribution in [-0.2, 0) is 6.42 Å². The van der Waals surface area contributed by atoms with Crippen LogP contribution >= 0.6 is 0 Å². The van der Waals surface area contributed by atoms with Crippen LogP contribution in [0, 0.1) is 0 Å². The predicted molar refractivity (Wildman–Crippen MR) is 117 cm³/mol. The lowest BCUT2D eigenvalue weighted by Gasteiger charge is -2.11. The van der Waals surface area contributed by atoms with Gasteiger partial charge < -0.3 is 0 Å². The molecule has 0 radical (unpaired) electrons. The zero-order valence-electron chi connectivity index (χ0n) is 14.8. The van der Waals surface area contributed by atoms with Crippen LogP contribution in [-0.4, -0.2) is 0 Å². The molecule has 0 fully saturated rings. The van der Waals surface area contributed by atoms with Gasteiger partial charge in [-0.2, -0.15) is 0 Å². The SMILES string of the molecule is c1ccc(Cc2cc3ccc4ccc5ccc6ccc2c2c6c5c4c32)cc1. The summed E-state index contributed by atoms with van der Waals surface area (Å²) in [6.07, 6.45) is 0.975. The van der Waals surface area contributed by atoms with Gasteiger partial charge in [-0.05, 0) is 71.4 Å². The lowest BCUT2D eigenvalue weighted by molar-refractivity contribution is 1.22. The zero-order valence-corrected chi connectivity index (χ0v) is 14.8. The molecule has 124 valence electrons. The van der Waals surface area contributed by atoms with Crippen molar-refractivity contribution < 1.29 is 0 Å². The van der Waals surface area contributed by atoms with Gasteiger partial charge >= 0.3 is 0 Å². The Balaban J connectivity index is 1.72. The molecule has 0 aromatic heterocycles. The van der Waals surface area contributed by atoms with E-state index in [1.54, 1.807) is 0 Å². The molecule has 0 unspecified atom stereocenters. The lowest BCUT2D eigenvalue weighted by atomic mass is 9.92. The number of benzene rings is 6. The van der Waals surface area contributed by atoms with Gasteiger partial charge in [0.15, 0.2) is 0 Å². The number of hydrogen-bond donors (Lipinski definition) is 0. The molecule has 0 nitrogen and oxygen atoms in total. The largest absolute Gasteiger partial charge is 0.0622 e. The molecule has 0 amide bonds. The van der Waals surface area contributed by atoms with Gasteiger partial charge in [-0.25, -0.2) is 0 Å². The molecule has 7 rings (SSSR count). The summed E-state index contributed by atoms with van der Waals surface area (Å²) in [5.41, 5.74) is 2.80. The predicted octanol–water partition coefficient (Wildman–Crippen LogP) is 7.36. The molecule has 27 heavy (non-hydrogen) atoms. The molecule has 0 saturated carbocycles. The van der Waals surface area contributed by atoms with Crippen LogP contribution in [0.1, 0.15) is 11.1 Å². The normalized spacial score (nSPS) is 12.6. The first-order valence-corrected chi connectivity index (χ1v) is 9.59. The van der Waals surface area contributed by atoms with Crippen molar-refractivity contribution in [1.29, 1.82) is 0 Å². The fourth-order valence-electron chi connectivity index (χ4n) is 5.21. The first-order valence-electron chi connectivity index (χ1n) is 9.59. The smallest absolute Gasteiger partial charge is 0.00110 e. The van der Waals surface area contributed by atoms with Crippen LogP contribution in [0.15, 0.2) is 84.9 Å². The summed E-state index contributed by atoms with van der Waals surface area (Å²) in [6, 6.07) is 31.6. The third-order valence-corrected chi connectivity index (χ3v) is 6.34. The van der Waals surface area contributed by atoms with E-state index in [0.717, 1.165) is 6.42 Å². The van der Waals surface area contributed by atoms with Crippen molar-refractivity contribution in [2.24, 2.45) is 0 Å². The minimum Gasteiger partial charge on any atom is -0.0622 e. The van der Waals surface area contributed by atoms with E-state index in [1.807, 2.05) is 0 Å². The van der Waals surface area contributed by atoms with Crippen molar-refractivity contribution in [3.63, 3.8) is 0 Å².